The molecule has 1 unspecified atom stereocenters. The Morgan fingerprint density at radius 1 is 1.21 bits per heavy atom. The van der Waals surface area contributed by atoms with Crippen LogP contribution in [0.3, 0.4) is 0 Å². The highest BCUT2D eigenvalue weighted by Gasteiger charge is 2.24. The maximum atomic E-state index is 11.6. The van der Waals surface area contributed by atoms with Gasteiger partial charge in [-0.2, -0.15) is 0 Å². The monoisotopic (exact) mass is 276 g/mol. The Morgan fingerprint density at radius 3 is 2.26 bits per heavy atom. The molecule has 0 fully saturated rings. The van der Waals surface area contributed by atoms with Crippen molar-refractivity contribution in [3.05, 3.63) is 0 Å². The van der Waals surface area contributed by atoms with E-state index in [2.05, 4.69) is 15.4 Å². The Labute approximate surface area is 111 Å². The molecule has 0 aromatic heterocycles. The van der Waals surface area contributed by atoms with Crippen LogP contribution in [0.2, 0.25) is 0 Å². The molecule has 0 heterocycles. The van der Waals surface area contributed by atoms with E-state index in [0.29, 0.717) is 13.0 Å². The first-order valence-electron chi connectivity index (χ1n) is 5.80. The van der Waals surface area contributed by atoms with Gasteiger partial charge in [0.25, 0.3) is 0 Å². The topological polar surface area (TPSA) is 114 Å². The number of urea groups is 1. The molecule has 0 bridgehead atoms. The van der Waals surface area contributed by atoms with E-state index in [1.807, 2.05) is 6.92 Å². The highest BCUT2D eigenvalue weighted by atomic mass is 16.5. The zero-order valence-electron chi connectivity index (χ0n) is 11.3. The van der Waals surface area contributed by atoms with E-state index in [-0.39, 0.29) is 6.04 Å². The maximum absolute atomic E-state index is 11.6. The Bertz CT molecular complexity index is 320. The van der Waals surface area contributed by atoms with Crippen LogP contribution < -0.4 is 10.6 Å². The molecule has 0 aliphatic rings. The average Bonchev–Trinajstić information content (AvgIpc) is 2.36. The van der Waals surface area contributed by atoms with Gasteiger partial charge in [0.15, 0.2) is 0 Å². The predicted molar refractivity (Wildman–Crippen MR) is 65.7 cm³/mol. The highest BCUT2D eigenvalue weighted by molar-refractivity contribution is 5.86. The molecule has 2 atom stereocenters. The molecular formula is C11H20N2O6. The van der Waals surface area contributed by atoms with Crippen LogP contribution in [0.25, 0.3) is 0 Å². The van der Waals surface area contributed by atoms with Gasteiger partial charge in [-0.05, 0) is 6.42 Å². The first-order chi connectivity index (χ1) is 8.94. The van der Waals surface area contributed by atoms with Gasteiger partial charge in [-0.25, -0.2) is 9.59 Å². The lowest BCUT2D eigenvalue weighted by Crippen LogP contribution is -2.50. The van der Waals surface area contributed by atoms with Crippen LogP contribution in [-0.4, -0.2) is 56.0 Å². The minimum atomic E-state index is -1.33. The second kappa shape index (κ2) is 9.15. The number of hydrogen-bond acceptors (Lipinski definition) is 5. The third-order valence-corrected chi connectivity index (χ3v) is 2.40. The van der Waals surface area contributed by atoms with E-state index in [4.69, 9.17) is 9.84 Å². The molecule has 0 rings (SSSR count). The van der Waals surface area contributed by atoms with Gasteiger partial charge in [0.1, 0.15) is 6.04 Å². The zero-order chi connectivity index (χ0) is 14.8. The fraction of sp³-hybridized carbons (Fsp3) is 0.727. The summed E-state index contributed by atoms with van der Waals surface area (Å²) in [6.45, 7) is 2.17. The van der Waals surface area contributed by atoms with Gasteiger partial charge >= 0.3 is 18.0 Å². The summed E-state index contributed by atoms with van der Waals surface area (Å²) >= 11 is 0. The summed E-state index contributed by atoms with van der Waals surface area (Å²) in [5.74, 6) is -2.02. The average molecular weight is 276 g/mol. The number of nitrogens with one attached hydrogen (secondary N) is 2. The van der Waals surface area contributed by atoms with Gasteiger partial charge < -0.3 is 25.2 Å². The number of esters is 1. The summed E-state index contributed by atoms with van der Waals surface area (Å²) in [4.78, 5) is 33.5. The third kappa shape index (κ3) is 7.24. The van der Waals surface area contributed by atoms with Gasteiger partial charge in [-0.1, -0.05) is 6.92 Å². The van der Waals surface area contributed by atoms with E-state index in [1.165, 1.54) is 7.11 Å². The van der Waals surface area contributed by atoms with Crippen molar-refractivity contribution in [1.82, 2.24) is 10.6 Å². The minimum Gasteiger partial charge on any atom is -0.480 e. The van der Waals surface area contributed by atoms with Crippen molar-refractivity contribution in [3.8, 4) is 0 Å². The first-order valence-corrected chi connectivity index (χ1v) is 5.80. The normalized spacial score (nSPS) is 13.2. The molecule has 0 aromatic rings. The molecule has 0 saturated heterocycles. The lowest BCUT2D eigenvalue weighted by Gasteiger charge is -2.19. The van der Waals surface area contributed by atoms with Crippen molar-refractivity contribution < 1.29 is 29.0 Å². The van der Waals surface area contributed by atoms with E-state index in [1.54, 1.807) is 0 Å². The lowest BCUT2D eigenvalue weighted by molar-refractivity contribution is -0.147. The molecule has 3 N–H and O–H groups in total. The second-order valence-electron chi connectivity index (χ2n) is 3.85. The molecule has 110 valence electrons. The number of carbonyl (C=O) groups excluding carboxylic acids is 2. The molecule has 19 heavy (non-hydrogen) atoms. The number of aliphatic carboxylic acids is 1. The van der Waals surface area contributed by atoms with E-state index in [9.17, 15) is 14.4 Å². The molecule has 0 aliphatic heterocycles. The van der Waals surface area contributed by atoms with Crippen LogP contribution in [0.5, 0.6) is 0 Å². The number of carboxylic acids is 1. The number of ether oxygens (including phenoxy) is 2. The van der Waals surface area contributed by atoms with Crippen LogP contribution in [0.1, 0.15) is 19.8 Å². The van der Waals surface area contributed by atoms with Crippen molar-refractivity contribution >= 4 is 18.0 Å². The number of hydrogen-bond donors (Lipinski definition) is 3. The first kappa shape index (κ1) is 17.2. The fourth-order valence-corrected chi connectivity index (χ4v) is 1.30. The lowest BCUT2D eigenvalue weighted by atomic mass is 10.2. The van der Waals surface area contributed by atoms with E-state index in [0.717, 1.165) is 7.11 Å². The Hall–Kier alpha value is -1.83. The molecule has 0 aromatic carbocycles. The maximum Gasteiger partial charge on any atom is 0.326 e. The summed E-state index contributed by atoms with van der Waals surface area (Å²) in [6, 6.07) is -2.22. The summed E-state index contributed by atoms with van der Waals surface area (Å²) < 4.78 is 9.26. The van der Waals surface area contributed by atoms with Crippen LogP contribution >= 0.6 is 0 Å². The van der Waals surface area contributed by atoms with E-state index < -0.39 is 30.4 Å². The number of amides is 2. The number of carboxylic acid groups (broad SMARTS) is 1. The Kier molecular flexibility index (Phi) is 8.27. The molecule has 0 spiro atoms. The van der Waals surface area contributed by atoms with Crippen molar-refractivity contribution in [2.24, 2.45) is 0 Å². The Morgan fingerprint density at radius 2 is 1.84 bits per heavy atom. The smallest absolute Gasteiger partial charge is 0.326 e. The van der Waals surface area contributed by atoms with Crippen LogP contribution in [0, 0.1) is 0 Å². The molecule has 0 aliphatic carbocycles. The number of carbonyl (C=O) groups is 3. The van der Waals surface area contributed by atoms with Crippen LogP contribution in [-0.2, 0) is 19.1 Å². The van der Waals surface area contributed by atoms with E-state index >= 15 is 0 Å². The predicted octanol–water partition coefficient (Wildman–Crippen LogP) is -0.273. The van der Waals surface area contributed by atoms with Gasteiger partial charge in [-0.3, -0.25) is 4.79 Å². The fourth-order valence-electron chi connectivity index (χ4n) is 1.30. The molecule has 8 heteroatoms. The molecule has 2 amide bonds. The van der Waals surface area contributed by atoms with Gasteiger partial charge in [0.2, 0.25) is 0 Å². The molecule has 0 radical (unpaired) electrons. The SMILES string of the molecule is CCC(COC)NC(=O)N[C@@H](CC(=O)OC)C(=O)O. The molecular weight excluding hydrogens is 256 g/mol. The van der Waals surface area contributed by atoms with Crippen LogP contribution in [0.15, 0.2) is 0 Å². The standard InChI is InChI=1S/C11H20N2O6/c1-4-7(6-18-2)12-11(17)13-8(10(15)16)5-9(14)19-3/h7-8H,4-6H2,1-3H3,(H,15,16)(H2,12,13,17)/t7?,8-/m0/s1. The minimum absolute atomic E-state index is 0.224. The Balaban J connectivity index is 4.38. The quantitative estimate of drug-likeness (QED) is 0.526. The summed E-state index contributed by atoms with van der Waals surface area (Å²) in [5, 5.41) is 13.6. The third-order valence-electron chi connectivity index (χ3n) is 2.40. The summed E-state index contributed by atoms with van der Waals surface area (Å²) in [7, 11) is 2.65. The summed E-state index contributed by atoms with van der Waals surface area (Å²) in [5.41, 5.74) is 0. The van der Waals surface area contributed by atoms with Gasteiger partial charge in [0.05, 0.1) is 26.2 Å². The number of methoxy groups -OCH3 is 2. The largest absolute Gasteiger partial charge is 0.480 e. The van der Waals surface area contributed by atoms with Gasteiger partial charge in [-0.15, -0.1) is 0 Å². The number of rotatable bonds is 8. The highest BCUT2D eigenvalue weighted by Crippen LogP contribution is 1.96. The second-order valence-corrected chi connectivity index (χ2v) is 3.85. The van der Waals surface area contributed by atoms with Crippen LogP contribution in [0.4, 0.5) is 4.79 Å². The van der Waals surface area contributed by atoms with Crippen molar-refractivity contribution in [2.75, 3.05) is 20.8 Å². The van der Waals surface area contributed by atoms with Crippen molar-refractivity contribution in [3.63, 3.8) is 0 Å². The zero-order valence-corrected chi connectivity index (χ0v) is 11.3. The molecule has 0 saturated carbocycles. The van der Waals surface area contributed by atoms with Gasteiger partial charge in [0, 0.05) is 7.11 Å². The van der Waals surface area contributed by atoms with Crippen molar-refractivity contribution in [1.29, 1.82) is 0 Å². The van der Waals surface area contributed by atoms with Crippen molar-refractivity contribution in [2.45, 2.75) is 31.8 Å². The molecule has 8 nitrogen and oxygen atoms in total. The summed E-state index contributed by atoms with van der Waals surface area (Å²) in [6.07, 6.45) is 0.205.